The summed E-state index contributed by atoms with van der Waals surface area (Å²) in [4.78, 5) is 18.9. The quantitative estimate of drug-likeness (QED) is 0.652. The molecule has 0 bridgehead atoms. The van der Waals surface area contributed by atoms with E-state index in [0.29, 0.717) is 0 Å². The first-order chi connectivity index (χ1) is 6.24. The Hall–Kier alpha value is -1.25. The Morgan fingerprint density at radius 1 is 1.54 bits per heavy atom. The fourth-order valence-corrected chi connectivity index (χ4v) is 1.46. The van der Waals surface area contributed by atoms with Crippen LogP contribution in [0.2, 0.25) is 0 Å². The molecule has 0 radical (unpaired) electrons. The summed E-state index contributed by atoms with van der Waals surface area (Å²) in [6.45, 7) is 1.94. The molecular weight excluding hydrogens is 164 g/mol. The Balaban J connectivity index is 2.14. The van der Waals surface area contributed by atoms with E-state index in [9.17, 15) is 4.79 Å². The fraction of sp³-hybridized carbons (Fsp3) is 0.500. The molecule has 3 heteroatoms. The van der Waals surface area contributed by atoms with Gasteiger partial charge in [0.1, 0.15) is 12.6 Å². The van der Waals surface area contributed by atoms with Crippen LogP contribution in [-0.4, -0.2) is 16.3 Å². The van der Waals surface area contributed by atoms with E-state index in [1.807, 2.05) is 13.0 Å². The molecule has 0 spiro atoms. The van der Waals surface area contributed by atoms with E-state index in [-0.39, 0.29) is 5.41 Å². The molecule has 0 aromatic carbocycles. The third-order valence-corrected chi connectivity index (χ3v) is 2.54. The molecule has 13 heavy (non-hydrogen) atoms. The van der Waals surface area contributed by atoms with Crippen molar-refractivity contribution in [1.82, 2.24) is 9.97 Å². The minimum Gasteiger partial charge on any atom is -0.303 e. The Labute approximate surface area is 77.2 Å². The number of nitrogens with zero attached hydrogens (tertiary/aromatic N) is 2. The van der Waals surface area contributed by atoms with Gasteiger partial charge in [0.2, 0.25) is 0 Å². The summed E-state index contributed by atoms with van der Waals surface area (Å²) in [5, 5.41) is 0. The van der Waals surface area contributed by atoms with Crippen LogP contribution < -0.4 is 0 Å². The van der Waals surface area contributed by atoms with Crippen LogP contribution in [0.5, 0.6) is 0 Å². The first kappa shape index (κ1) is 8.35. The zero-order chi connectivity index (χ0) is 9.31. The molecule has 0 atom stereocenters. The van der Waals surface area contributed by atoms with Gasteiger partial charge in [-0.3, -0.25) is 0 Å². The third-order valence-electron chi connectivity index (χ3n) is 2.54. The molecule has 0 amide bonds. The standard InChI is InChI=1S/C10H12N2O/c1-8-4-9(12-7-11-8)5-10(6-13)2-3-10/h4,6-7H,2-3,5H2,1H3. The average Bonchev–Trinajstić information content (AvgIpc) is 2.86. The van der Waals surface area contributed by atoms with E-state index in [1.54, 1.807) is 6.33 Å². The molecule has 0 aliphatic heterocycles. The first-order valence-corrected chi connectivity index (χ1v) is 4.48. The minimum absolute atomic E-state index is 0.0825. The Morgan fingerprint density at radius 2 is 2.31 bits per heavy atom. The van der Waals surface area contributed by atoms with Crippen molar-refractivity contribution in [3.63, 3.8) is 0 Å². The number of aldehydes is 1. The Bertz CT molecular complexity index is 331. The zero-order valence-corrected chi connectivity index (χ0v) is 7.66. The van der Waals surface area contributed by atoms with E-state index in [1.165, 1.54) is 0 Å². The molecule has 68 valence electrons. The number of hydrogen-bond donors (Lipinski definition) is 0. The SMILES string of the molecule is Cc1cc(CC2(C=O)CC2)ncn1. The third kappa shape index (κ3) is 1.74. The van der Waals surface area contributed by atoms with Gasteiger partial charge in [0.15, 0.2) is 0 Å². The van der Waals surface area contributed by atoms with Crippen LogP contribution >= 0.6 is 0 Å². The summed E-state index contributed by atoms with van der Waals surface area (Å²) in [6, 6.07) is 1.95. The number of carbonyl (C=O) groups is 1. The lowest BCUT2D eigenvalue weighted by atomic mass is 10.0. The number of hydrogen-bond acceptors (Lipinski definition) is 3. The maximum absolute atomic E-state index is 10.7. The van der Waals surface area contributed by atoms with E-state index < -0.39 is 0 Å². The normalized spacial score (nSPS) is 18.2. The van der Waals surface area contributed by atoms with Gasteiger partial charge < -0.3 is 4.79 Å². The minimum atomic E-state index is -0.0825. The fourth-order valence-electron chi connectivity index (χ4n) is 1.46. The largest absolute Gasteiger partial charge is 0.303 e. The number of carbonyl (C=O) groups excluding carboxylic acids is 1. The van der Waals surface area contributed by atoms with Gasteiger partial charge in [0, 0.05) is 23.2 Å². The summed E-state index contributed by atoms with van der Waals surface area (Å²) < 4.78 is 0. The second kappa shape index (κ2) is 2.91. The first-order valence-electron chi connectivity index (χ1n) is 4.48. The van der Waals surface area contributed by atoms with Gasteiger partial charge in [-0.05, 0) is 25.8 Å². The van der Waals surface area contributed by atoms with Crippen molar-refractivity contribution in [2.45, 2.75) is 26.2 Å². The van der Waals surface area contributed by atoms with Gasteiger partial charge in [0.05, 0.1) is 0 Å². The summed E-state index contributed by atoms with van der Waals surface area (Å²) in [5.41, 5.74) is 1.87. The van der Waals surface area contributed by atoms with Gasteiger partial charge in [-0.15, -0.1) is 0 Å². The van der Waals surface area contributed by atoms with Crippen LogP contribution in [0.1, 0.15) is 24.2 Å². The molecule has 2 rings (SSSR count). The van der Waals surface area contributed by atoms with Crippen LogP contribution in [0, 0.1) is 12.3 Å². The zero-order valence-electron chi connectivity index (χ0n) is 7.66. The molecule has 1 aromatic rings. The molecule has 1 aliphatic carbocycles. The molecule has 1 saturated carbocycles. The van der Waals surface area contributed by atoms with Crippen molar-refractivity contribution in [2.75, 3.05) is 0 Å². The lowest BCUT2D eigenvalue weighted by molar-refractivity contribution is -0.112. The van der Waals surface area contributed by atoms with Crippen molar-refractivity contribution in [1.29, 1.82) is 0 Å². The number of rotatable bonds is 3. The summed E-state index contributed by atoms with van der Waals surface area (Å²) in [7, 11) is 0. The van der Waals surface area contributed by atoms with Crippen LogP contribution in [0.4, 0.5) is 0 Å². The number of aryl methyl sites for hydroxylation is 1. The summed E-state index contributed by atoms with van der Waals surface area (Å²) in [6.07, 6.45) is 5.44. The van der Waals surface area contributed by atoms with Crippen LogP contribution in [0.3, 0.4) is 0 Å². The molecule has 0 unspecified atom stereocenters. The Kier molecular flexibility index (Phi) is 1.87. The second-order valence-electron chi connectivity index (χ2n) is 3.81. The van der Waals surface area contributed by atoms with Gasteiger partial charge in [-0.25, -0.2) is 9.97 Å². The highest BCUT2D eigenvalue weighted by Gasteiger charge is 2.42. The monoisotopic (exact) mass is 176 g/mol. The smallest absolute Gasteiger partial charge is 0.126 e. The predicted molar refractivity (Wildman–Crippen MR) is 48.2 cm³/mol. The highest BCUT2D eigenvalue weighted by molar-refractivity contribution is 5.64. The van der Waals surface area contributed by atoms with Crippen molar-refractivity contribution >= 4 is 6.29 Å². The summed E-state index contributed by atoms with van der Waals surface area (Å²) >= 11 is 0. The molecular formula is C10H12N2O. The van der Waals surface area contributed by atoms with Gasteiger partial charge in [0.25, 0.3) is 0 Å². The maximum atomic E-state index is 10.7. The van der Waals surface area contributed by atoms with E-state index in [2.05, 4.69) is 9.97 Å². The van der Waals surface area contributed by atoms with Crippen LogP contribution in [-0.2, 0) is 11.2 Å². The summed E-state index contributed by atoms with van der Waals surface area (Å²) in [5.74, 6) is 0. The molecule has 1 heterocycles. The van der Waals surface area contributed by atoms with E-state index >= 15 is 0 Å². The predicted octanol–water partition coefficient (Wildman–Crippen LogP) is 1.31. The van der Waals surface area contributed by atoms with Gasteiger partial charge >= 0.3 is 0 Å². The van der Waals surface area contributed by atoms with E-state index in [4.69, 9.17) is 0 Å². The van der Waals surface area contributed by atoms with Gasteiger partial charge in [-0.1, -0.05) is 0 Å². The molecule has 1 aliphatic rings. The van der Waals surface area contributed by atoms with Crippen LogP contribution in [0.15, 0.2) is 12.4 Å². The molecule has 1 aromatic heterocycles. The average molecular weight is 176 g/mol. The molecule has 0 saturated heterocycles. The van der Waals surface area contributed by atoms with Crippen LogP contribution in [0.25, 0.3) is 0 Å². The molecule has 3 nitrogen and oxygen atoms in total. The lowest BCUT2D eigenvalue weighted by Crippen LogP contribution is -2.08. The molecule has 0 N–H and O–H groups in total. The maximum Gasteiger partial charge on any atom is 0.126 e. The number of aromatic nitrogens is 2. The molecule has 1 fully saturated rings. The van der Waals surface area contributed by atoms with E-state index in [0.717, 1.165) is 36.9 Å². The van der Waals surface area contributed by atoms with Crippen molar-refractivity contribution in [3.8, 4) is 0 Å². The highest BCUT2D eigenvalue weighted by Crippen LogP contribution is 2.45. The second-order valence-corrected chi connectivity index (χ2v) is 3.81. The Morgan fingerprint density at radius 3 is 2.85 bits per heavy atom. The van der Waals surface area contributed by atoms with Crippen molar-refractivity contribution in [2.24, 2.45) is 5.41 Å². The highest BCUT2D eigenvalue weighted by atomic mass is 16.1. The lowest BCUT2D eigenvalue weighted by Gasteiger charge is -2.05. The van der Waals surface area contributed by atoms with Gasteiger partial charge in [-0.2, -0.15) is 0 Å². The van der Waals surface area contributed by atoms with Crippen molar-refractivity contribution < 1.29 is 4.79 Å². The van der Waals surface area contributed by atoms with Crippen molar-refractivity contribution in [3.05, 3.63) is 23.8 Å². The topological polar surface area (TPSA) is 42.9 Å².